The number of nitrogens with one attached hydrogen (secondary N) is 2. The van der Waals surface area contributed by atoms with Crippen molar-refractivity contribution in [1.29, 1.82) is 0 Å². The van der Waals surface area contributed by atoms with E-state index < -0.39 is 23.5 Å². The van der Waals surface area contributed by atoms with E-state index in [1.54, 1.807) is 66.7 Å². The number of methoxy groups -OCH3 is 2. The highest BCUT2D eigenvalue weighted by molar-refractivity contribution is 8.04. The number of halogens is 2. The van der Waals surface area contributed by atoms with Crippen LogP contribution >= 0.6 is 23.4 Å². The van der Waals surface area contributed by atoms with Crippen molar-refractivity contribution < 1.29 is 28.2 Å². The molecule has 4 aromatic carbocycles. The van der Waals surface area contributed by atoms with Gasteiger partial charge in [-0.3, -0.25) is 14.4 Å². The summed E-state index contributed by atoms with van der Waals surface area (Å²) in [6, 6.07) is 23.5. The molecule has 0 radical (unpaired) electrons. The van der Waals surface area contributed by atoms with E-state index in [4.69, 9.17) is 21.1 Å². The van der Waals surface area contributed by atoms with E-state index in [0.29, 0.717) is 38.4 Å². The highest BCUT2D eigenvalue weighted by Crippen LogP contribution is 2.40. The van der Waals surface area contributed by atoms with Gasteiger partial charge in [-0.1, -0.05) is 41.6 Å². The van der Waals surface area contributed by atoms with Crippen LogP contribution in [-0.2, 0) is 9.59 Å². The van der Waals surface area contributed by atoms with Crippen LogP contribution in [0, 0.1) is 5.82 Å². The van der Waals surface area contributed by atoms with Crippen molar-refractivity contribution in [1.82, 2.24) is 0 Å². The van der Waals surface area contributed by atoms with Crippen LogP contribution in [0.4, 0.5) is 21.5 Å². The molecule has 5 rings (SSSR count). The van der Waals surface area contributed by atoms with Gasteiger partial charge in [0.2, 0.25) is 0 Å². The topological polar surface area (TPSA) is 97.0 Å². The van der Waals surface area contributed by atoms with Gasteiger partial charge in [-0.25, -0.2) is 9.29 Å². The van der Waals surface area contributed by atoms with E-state index in [-0.39, 0.29) is 16.3 Å². The number of carbonyl (C=O) groups is 3. The second-order valence-corrected chi connectivity index (χ2v) is 10.4. The summed E-state index contributed by atoms with van der Waals surface area (Å²) in [6.07, 6.45) is 0. The van der Waals surface area contributed by atoms with Crippen molar-refractivity contribution in [2.45, 2.75) is 4.90 Å². The zero-order valence-corrected chi connectivity index (χ0v) is 23.9. The predicted octanol–water partition coefficient (Wildman–Crippen LogP) is 6.74. The number of thioether (sulfide) groups is 1. The minimum atomic E-state index is -0.629. The molecule has 0 bridgehead atoms. The Hall–Kier alpha value is -4.80. The molecule has 0 saturated carbocycles. The Labute approximate surface area is 250 Å². The highest BCUT2D eigenvalue weighted by Gasteiger charge is 2.40. The second kappa shape index (κ2) is 12.4. The molecule has 0 fully saturated rings. The minimum absolute atomic E-state index is 0.00305. The third-order valence-electron chi connectivity index (χ3n) is 6.22. The molecule has 0 unspecified atom stereocenters. The molecule has 0 atom stereocenters. The van der Waals surface area contributed by atoms with E-state index >= 15 is 0 Å². The van der Waals surface area contributed by atoms with Crippen LogP contribution in [0.3, 0.4) is 0 Å². The Morgan fingerprint density at radius 2 is 1.64 bits per heavy atom. The average Bonchev–Trinajstić information content (AvgIpc) is 3.22. The van der Waals surface area contributed by atoms with Crippen molar-refractivity contribution in [3.8, 4) is 11.5 Å². The standard InChI is InChI=1S/C31H23ClFN3O5S/c1-40-21-14-15-25(26(17-21)41-2)35-27-28(31(39)36(30(27)38)20-12-10-18(33)11-13-20)42-22-7-5-6-19(16-22)34-29(37)23-8-3-4-9-24(23)32/h3-17,35H,1-2H3,(H,34,37). The number of nitrogens with zero attached hydrogens (tertiary/aromatic N) is 1. The molecule has 1 heterocycles. The monoisotopic (exact) mass is 603 g/mol. The third kappa shape index (κ3) is 5.95. The van der Waals surface area contributed by atoms with Crippen LogP contribution in [0.25, 0.3) is 0 Å². The quantitative estimate of drug-likeness (QED) is 0.205. The SMILES string of the molecule is COc1ccc(NC2=C(Sc3cccc(NC(=O)c4ccccc4Cl)c3)C(=O)N(c3ccc(F)cc3)C2=O)c(OC)c1. The smallest absolute Gasteiger partial charge is 0.283 e. The van der Waals surface area contributed by atoms with Crippen LogP contribution in [0.5, 0.6) is 11.5 Å². The molecule has 0 aliphatic carbocycles. The number of hydrogen-bond acceptors (Lipinski definition) is 7. The number of hydrogen-bond donors (Lipinski definition) is 2. The van der Waals surface area contributed by atoms with Gasteiger partial charge < -0.3 is 20.1 Å². The molecule has 0 aromatic heterocycles. The fraction of sp³-hybridized carbons (Fsp3) is 0.0645. The summed E-state index contributed by atoms with van der Waals surface area (Å²) >= 11 is 7.21. The number of benzene rings is 4. The van der Waals surface area contributed by atoms with Crippen LogP contribution in [0.1, 0.15) is 10.4 Å². The van der Waals surface area contributed by atoms with Gasteiger partial charge in [0.05, 0.1) is 36.2 Å². The van der Waals surface area contributed by atoms with Crippen molar-refractivity contribution in [3.63, 3.8) is 0 Å². The maximum absolute atomic E-state index is 13.7. The first kappa shape index (κ1) is 28.7. The average molecular weight is 604 g/mol. The summed E-state index contributed by atoms with van der Waals surface area (Å²) in [7, 11) is 2.99. The summed E-state index contributed by atoms with van der Waals surface area (Å²) in [5.41, 5.74) is 1.41. The lowest BCUT2D eigenvalue weighted by atomic mass is 10.2. The van der Waals surface area contributed by atoms with E-state index in [2.05, 4.69) is 10.6 Å². The molecule has 0 spiro atoms. The first-order valence-electron chi connectivity index (χ1n) is 12.5. The molecule has 2 N–H and O–H groups in total. The van der Waals surface area contributed by atoms with E-state index in [9.17, 15) is 18.8 Å². The Bertz CT molecular complexity index is 1730. The van der Waals surface area contributed by atoms with E-state index in [1.807, 2.05) is 0 Å². The predicted molar refractivity (Wildman–Crippen MR) is 161 cm³/mol. The molecule has 0 saturated heterocycles. The van der Waals surface area contributed by atoms with Crippen molar-refractivity contribution >= 4 is 58.1 Å². The van der Waals surface area contributed by atoms with Crippen molar-refractivity contribution in [2.24, 2.45) is 0 Å². The maximum Gasteiger partial charge on any atom is 0.283 e. The van der Waals surface area contributed by atoms with Gasteiger partial charge in [0.15, 0.2) is 0 Å². The van der Waals surface area contributed by atoms with Crippen molar-refractivity contribution in [2.75, 3.05) is 29.8 Å². The molecule has 212 valence electrons. The highest BCUT2D eigenvalue weighted by atomic mass is 35.5. The summed E-state index contributed by atoms with van der Waals surface area (Å²) < 4.78 is 24.3. The number of imide groups is 1. The van der Waals surface area contributed by atoms with Gasteiger partial charge in [0.25, 0.3) is 17.7 Å². The fourth-order valence-corrected chi connectivity index (χ4v) is 5.38. The van der Waals surface area contributed by atoms with Crippen LogP contribution in [0.2, 0.25) is 5.02 Å². The van der Waals surface area contributed by atoms with Gasteiger partial charge in [0.1, 0.15) is 27.9 Å². The zero-order chi connectivity index (χ0) is 29.8. The normalized spacial score (nSPS) is 12.9. The molecular formula is C31H23ClFN3O5S. The van der Waals surface area contributed by atoms with Gasteiger partial charge in [-0.15, -0.1) is 0 Å². The molecule has 11 heteroatoms. The molecule has 42 heavy (non-hydrogen) atoms. The van der Waals surface area contributed by atoms with Crippen LogP contribution < -0.4 is 25.0 Å². The molecule has 8 nitrogen and oxygen atoms in total. The number of amides is 3. The maximum atomic E-state index is 13.7. The molecule has 1 aliphatic rings. The number of rotatable bonds is 9. The van der Waals surface area contributed by atoms with Crippen LogP contribution in [-0.4, -0.2) is 31.9 Å². The summed E-state index contributed by atoms with van der Waals surface area (Å²) in [6.45, 7) is 0. The van der Waals surface area contributed by atoms with Gasteiger partial charge in [-0.2, -0.15) is 0 Å². The fourth-order valence-electron chi connectivity index (χ4n) is 4.17. The lowest BCUT2D eigenvalue weighted by Crippen LogP contribution is -2.32. The molecule has 4 aromatic rings. The lowest BCUT2D eigenvalue weighted by Gasteiger charge is -2.16. The van der Waals surface area contributed by atoms with Gasteiger partial charge in [-0.05, 0) is 66.7 Å². The van der Waals surface area contributed by atoms with E-state index in [0.717, 1.165) is 16.7 Å². The first-order chi connectivity index (χ1) is 20.3. The summed E-state index contributed by atoms with van der Waals surface area (Å²) in [4.78, 5) is 41.8. The third-order valence-corrected chi connectivity index (χ3v) is 7.63. The molecular weight excluding hydrogens is 581 g/mol. The zero-order valence-electron chi connectivity index (χ0n) is 22.3. The summed E-state index contributed by atoms with van der Waals surface area (Å²) in [5.74, 6) is -1.20. The van der Waals surface area contributed by atoms with Crippen LogP contribution in [0.15, 0.2) is 106 Å². The van der Waals surface area contributed by atoms with Crippen molar-refractivity contribution in [3.05, 3.63) is 118 Å². The second-order valence-electron chi connectivity index (χ2n) is 8.88. The van der Waals surface area contributed by atoms with E-state index in [1.165, 1.54) is 38.5 Å². The number of ether oxygens (including phenoxy) is 2. The Morgan fingerprint density at radius 1 is 0.881 bits per heavy atom. The van der Waals surface area contributed by atoms with Gasteiger partial charge in [0, 0.05) is 16.6 Å². The number of carbonyl (C=O) groups excluding carboxylic acids is 3. The summed E-state index contributed by atoms with van der Waals surface area (Å²) in [5, 5.41) is 6.17. The minimum Gasteiger partial charge on any atom is -0.497 e. The Kier molecular flexibility index (Phi) is 8.46. The molecule has 1 aliphatic heterocycles. The largest absolute Gasteiger partial charge is 0.497 e. The Balaban J connectivity index is 1.49. The van der Waals surface area contributed by atoms with Gasteiger partial charge >= 0.3 is 0 Å². The first-order valence-corrected chi connectivity index (χ1v) is 13.7. The molecule has 3 amide bonds. The lowest BCUT2D eigenvalue weighted by molar-refractivity contribution is -0.120. The number of anilines is 3. The Morgan fingerprint density at radius 3 is 2.36 bits per heavy atom.